The van der Waals surface area contributed by atoms with E-state index in [0.717, 1.165) is 0 Å². The van der Waals surface area contributed by atoms with Gasteiger partial charge in [0.1, 0.15) is 24.3 Å². The van der Waals surface area contributed by atoms with E-state index in [9.17, 15) is 4.39 Å². The average molecular weight is 229 g/mol. The molecule has 2 atom stereocenters. The van der Waals surface area contributed by atoms with Crippen molar-refractivity contribution < 1.29 is 19.3 Å². The van der Waals surface area contributed by atoms with E-state index in [1.165, 1.54) is 18.2 Å². The van der Waals surface area contributed by atoms with Crippen LogP contribution in [0.5, 0.6) is 5.75 Å². The molecule has 0 saturated heterocycles. The number of aliphatic hydroxyl groups is 2. The lowest BCUT2D eigenvalue weighted by atomic mass is 10.1. The van der Waals surface area contributed by atoms with Crippen molar-refractivity contribution in [3.05, 3.63) is 29.6 Å². The molecule has 4 N–H and O–H groups in total. The Kier molecular flexibility index (Phi) is 4.67. The fraction of sp³-hybridized carbons (Fsp3) is 0.455. The largest absolute Gasteiger partial charge is 0.490 e. The Bertz CT molecular complexity index is 344. The Hall–Kier alpha value is -1.17. The van der Waals surface area contributed by atoms with Crippen LogP contribution in [-0.4, -0.2) is 29.5 Å². The van der Waals surface area contributed by atoms with Crippen LogP contribution in [-0.2, 0) is 0 Å². The summed E-state index contributed by atoms with van der Waals surface area (Å²) in [6.45, 7) is 1.28. The standard InChI is InChI=1S/C11H16FNO3/c1-7(13)10-4-8(12)2-3-11(10)16-6-9(15)5-14/h2-4,7,9,14-15H,5-6,13H2,1H3/t7-,9?/m1/s1. The van der Waals surface area contributed by atoms with E-state index in [4.69, 9.17) is 20.7 Å². The summed E-state index contributed by atoms with van der Waals surface area (Å²) in [5, 5.41) is 17.7. The summed E-state index contributed by atoms with van der Waals surface area (Å²) >= 11 is 0. The summed E-state index contributed by atoms with van der Waals surface area (Å²) in [5.74, 6) is 0.0336. The predicted octanol–water partition coefficient (Wildman–Crippen LogP) is 0.577. The summed E-state index contributed by atoms with van der Waals surface area (Å²) in [6, 6.07) is 3.65. The molecule has 0 aliphatic carbocycles. The van der Waals surface area contributed by atoms with Gasteiger partial charge in [0.05, 0.1) is 6.61 Å². The van der Waals surface area contributed by atoms with Gasteiger partial charge in [0.2, 0.25) is 0 Å². The first kappa shape index (κ1) is 12.9. The topological polar surface area (TPSA) is 75.7 Å². The van der Waals surface area contributed by atoms with Crippen molar-refractivity contribution in [3.63, 3.8) is 0 Å². The third-order valence-corrected chi connectivity index (χ3v) is 2.10. The monoisotopic (exact) mass is 229 g/mol. The van der Waals surface area contributed by atoms with Crippen LogP contribution in [0.1, 0.15) is 18.5 Å². The lowest BCUT2D eigenvalue weighted by molar-refractivity contribution is 0.0532. The summed E-state index contributed by atoms with van der Waals surface area (Å²) in [5.41, 5.74) is 6.20. The van der Waals surface area contributed by atoms with E-state index in [0.29, 0.717) is 11.3 Å². The second-order valence-corrected chi connectivity index (χ2v) is 3.62. The van der Waals surface area contributed by atoms with Crippen molar-refractivity contribution in [2.24, 2.45) is 5.73 Å². The summed E-state index contributed by atoms with van der Waals surface area (Å²) < 4.78 is 18.2. The number of halogens is 1. The zero-order valence-corrected chi connectivity index (χ0v) is 9.06. The van der Waals surface area contributed by atoms with Crippen LogP contribution >= 0.6 is 0 Å². The molecule has 0 saturated carbocycles. The molecule has 0 bridgehead atoms. The molecule has 0 aliphatic rings. The van der Waals surface area contributed by atoms with Crippen molar-refractivity contribution in [2.75, 3.05) is 13.2 Å². The molecule has 0 heterocycles. The van der Waals surface area contributed by atoms with Crippen LogP contribution in [0.3, 0.4) is 0 Å². The molecular formula is C11H16FNO3. The van der Waals surface area contributed by atoms with Gasteiger partial charge in [-0.05, 0) is 25.1 Å². The Labute approximate surface area is 93.5 Å². The first-order chi connectivity index (χ1) is 7.54. The van der Waals surface area contributed by atoms with Crippen LogP contribution in [0.15, 0.2) is 18.2 Å². The number of ether oxygens (including phenoxy) is 1. The van der Waals surface area contributed by atoms with Crippen molar-refractivity contribution in [1.29, 1.82) is 0 Å². The Morgan fingerprint density at radius 3 is 2.75 bits per heavy atom. The van der Waals surface area contributed by atoms with Gasteiger partial charge in [0.25, 0.3) is 0 Å². The third-order valence-electron chi connectivity index (χ3n) is 2.10. The molecular weight excluding hydrogens is 213 g/mol. The first-order valence-corrected chi connectivity index (χ1v) is 5.01. The van der Waals surface area contributed by atoms with Gasteiger partial charge < -0.3 is 20.7 Å². The number of hydrogen-bond acceptors (Lipinski definition) is 4. The number of rotatable bonds is 5. The summed E-state index contributed by atoms with van der Waals surface area (Å²) in [7, 11) is 0. The minimum Gasteiger partial charge on any atom is -0.490 e. The van der Waals surface area contributed by atoms with Gasteiger partial charge in [-0.3, -0.25) is 0 Å². The van der Waals surface area contributed by atoms with Crippen LogP contribution in [0, 0.1) is 5.82 Å². The van der Waals surface area contributed by atoms with E-state index in [-0.39, 0.29) is 25.1 Å². The average Bonchev–Trinajstić information content (AvgIpc) is 2.26. The SMILES string of the molecule is C[C@@H](N)c1cc(F)ccc1OCC(O)CO. The molecule has 0 amide bonds. The van der Waals surface area contributed by atoms with Crippen LogP contribution in [0.25, 0.3) is 0 Å². The maximum atomic E-state index is 13.0. The van der Waals surface area contributed by atoms with Gasteiger partial charge in [0.15, 0.2) is 0 Å². The molecule has 1 aromatic carbocycles. The zero-order chi connectivity index (χ0) is 12.1. The lowest BCUT2D eigenvalue weighted by Crippen LogP contribution is -2.22. The van der Waals surface area contributed by atoms with Gasteiger partial charge in [-0.2, -0.15) is 0 Å². The van der Waals surface area contributed by atoms with Crippen LogP contribution in [0.4, 0.5) is 4.39 Å². The molecule has 4 nitrogen and oxygen atoms in total. The molecule has 16 heavy (non-hydrogen) atoms. The van der Waals surface area contributed by atoms with E-state index in [1.807, 2.05) is 0 Å². The fourth-order valence-electron chi connectivity index (χ4n) is 1.25. The van der Waals surface area contributed by atoms with Gasteiger partial charge >= 0.3 is 0 Å². The van der Waals surface area contributed by atoms with Gasteiger partial charge in [0, 0.05) is 11.6 Å². The Morgan fingerprint density at radius 1 is 1.50 bits per heavy atom. The summed E-state index contributed by atoms with van der Waals surface area (Å²) in [6.07, 6.45) is -0.953. The number of benzene rings is 1. The van der Waals surface area contributed by atoms with Gasteiger partial charge in [-0.1, -0.05) is 0 Å². The molecule has 0 aromatic heterocycles. The number of hydrogen-bond donors (Lipinski definition) is 3. The minimum atomic E-state index is -0.953. The van der Waals surface area contributed by atoms with Crippen LogP contribution in [0.2, 0.25) is 0 Å². The Balaban J connectivity index is 2.78. The number of aliphatic hydroxyl groups excluding tert-OH is 2. The molecule has 0 aliphatic heterocycles. The van der Waals surface area contributed by atoms with E-state index >= 15 is 0 Å². The summed E-state index contributed by atoms with van der Waals surface area (Å²) in [4.78, 5) is 0. The second-order valence-electron chi connectivity index (χ2n) is 3.62. The smallest absolute Gasteiger partial charge is 0.124 e. The van der Waals surface area contributed by atoms with Crippen molar-refractivity contribution in [2.45, 2.75) is 19.1 Å². The maximum absolute atomic E-state index is 13.0. The molecule has 1 rings (SSSR count). The zero-order valence-electron chi connectivity index (χ0n) is 9.06. The second kappa shape index (κ2) is 5.79. The van der Waals surface area contributed by atoms with E-state index < -0.39 is 6.10 Å². The molecule has 1 aromatic rings. The van der Waals surface area contributed by atoms with Crippen molar-refractivity contribution >= 4 is 0 Å². The Morgan fingerprint density at radius 2 is 2.19 bits per heavy atom. The lowest BCUT2D eigenvalue weighted by Gasteiger charge is -2.15. The molecule has 0 radical (unpaired) electrons. The maximum Gasteiger partial charge on any atom is 0.124 e. The van der Waals surface area contributed by atoms with E-state index in [2.05, 4.69) is 0 Å². The highest BCUT2D eigenvalue weighted by Gasteiger charge is 2.11. The highest BCUT2D eigenvalue weighted by Crippen LogP contribution is 2.24. The predicted molar refractivity (Wildman–Crippen MR) is 57.6 cm³/mol. The molecule has 5 heteroatoms. The molecule has 1 unspecified atom stereocenters. The quantitative estimate of drug-likeness (QED) is 0.690. The van der Waals surface area contributed by atoms with Crippen LogP contribution < -0.4 is 10.5 Å². The molecule has 90 valence electrons. The highest BCUT2D eigenvalue weighted by atomic mass is 19.1. The van der Waals surface area contributed by atoms with Crippen molar-refractivity contribution in [3.8, 4) is 5.75 Å². The third kappa shape index (κ3) is 3.44. The normalized spacial score (nSPS) is 14.6. The van der Waals surface area contributed by atoms with E-state index in [1.54, 1.807) is 6.92 Å². The highest BCUT2D eigenvalue weighted by molar-refractivity contribution is 5.36. The molecule has 0 fully saturated rings. The van der Waals surface area contributed by atoms with Crippen molar-refractivity contribution in [1.82, 2.24) is 0 Å². The minimum absolute atomic E-state index is 0.0537. The molecule has 0 spiro atoms. The van der Waals surface area contributed by atoms with Gasteiger partial charge in [-0.15, -0.1) is 0 Å². The first-order valence-electron chi connectivity index (χ1n) is 5.01. The van der Waals surface area contributed by atoms with Gasteiger partial charge in [-0.25, -0.2) is 4.39 Å². The number of nitrogens with two attached hydrogens (primary N) is 1. The fourth-order valence-corrected chi connectivity index (χ4v) is 1.25.